The van der Waals surface area contributed by atoms with Crippen molar-refractivity contribution in [2.75, 3.05) is 25.0 Å². The minimum atomic E-state index is 0.888. The molecule has 1 saturated heterocycles. The molecule has 0 unspecified atom stereocenters. The van der Waals surface area contributed by atoms with E-state index >= 15 is 0 Å². The van der Waals surface area contributed by atoms with Gasteiger partial charge in [0.15, 0.2) is 0 Å². The largest absolute Gasteiger partial charge is 0.356 e. The van der Waals surface area contributed by atoms with E-state index in [-0.39, 0.29) is 0 Å². The molecule has 2 N–H and O–H groups in total. The first-order valence-corrected chi connectivity index (χ1v) is 6.36. The summed E-state index contributed by atoms with van der Waals surface area (Å²) in [6.45, 7) is 6.54. The zero-order chi connectivity index (χ0) is 11.2. The lowest BCUT2D eigenvalue weighted by Crippen LogP contribution is -2.28. The molecule has 4 nitrogen and oxygen atoms in total. The molecule has 0 amide bonds. The summed E-state index contributed by atoms with van der Waals surface area (Å²) in [7, 11) is 0. The topological polar surface area (TPSA) is 41.9 Å². The van der Waals surface area contributed by atoms with Crippen LogP contribution in [0.15, 0.2) is 12.4 Å². The third kappa shape index (κ3) is 2.98. The highest BCUT2D eigenvalue weighted by atomic mass is 15.2. The molecule has 1 fully saturated rings. The fraction of sp³-hybridized carbons (Fsp3) is 0.750. The van der Waals surface area contributed by atoms with Crippen LogP contribution in [0.3, 0.4) is 0 Å². The molecule has 2 rings (SSSR count). The Balaban J connectivity index is 1.71. The van der Waals surface area contributed by atoms with Gasteiger partial charge < -0.3 is 15.2 Å². The Morgan fingerprint density at radius 1 is 1.50 bits per heavy atom. The van der Waals surface area contributed by atoms with Gasteiger partial charge in [-0.3, -0.25) is 0 Å². The number of aromatic nitrogens is 2. The van der Waals surface area contributed by atoms with Crippen molar-refractivity contribution in [2.24, 2.45) is 5.92 Å². The number of hydrogen-bond acceptors (Lipinski definition) is 3. The maximum atomic E-state index is 4.31. The van der Waals surface area contributed by atoms with E-state index in [2.05, 4.69) is 27.1 Å². The van der Waals surface area contributed by atoms with Crippen molar-refractivity contribution in [2.45, 2.75) is 32.7 Å². The van der Waals surface area contributed by atoms with Gasteiger partial charge in [-0.25, -0.2) is 4.98 Å². The molecule has 0 saturated carbocycles. The Kier molecular flexibility index (Phi) is 4.22. The molecular weight excluding hydrogens is 200 g/mol. The van der Waals surface area contributed by atoms with Gasteiger partial charge >= 0.3 is 0 Å². The predicted molar refractivity (Wildman–Crippen MR) is 66.6 cm³/mol. The number of imidazole rings is 1. The SMILES string of the molecule is CCn1ccnc1NCCC1CCNCC1. The summed E-state index contributed by atoms with van der Waals surface area (Å²) in [6, 6.07) is 0. The van der Waals surface area contributed by atoms with Crippen LogP contribution >= 0.6 is 0 Å². The molecular formula is C12H22N4. The van der Waals surface area contributed by atoms with Gasteiger partial charge in [-0.05, 0) is 45.2 Å². The molecule has 1 aliphatic rings. The van der Waals surface area contributed by atoms with Crippen LogP contribution in [0.4, 0.5) is 5.95 Å². The molecule has 0 radical (unpaired) electrons. The predicted octanol–water partition coefficient (Wildman–Crippen LogP) is 1.70. The van der Waals surface area contributed by atoms with Gasteiger partial charge in [-0.2, -0.15) is 0 Å². The monoisotopic (exact) mass is 222 g/mol. The van der Waals surface area contributed by atoms with Crippen LogP contribution in [0.2, 0.25) is 0 Å². The minimum Gasteiger partial charge on any atom is -0.356 e. The second-order valence-electron chi connectivity index (χ2n) is 4.45. The lowest BCUT2D eigenvalue weighted by Gasteiger charge is -2.22. The third-order valence-electron chi connectivity index (χ3n) is 3.35. The van der Waals surface area contributed by atoms with Gasteiger partial charge in [0.2, 0.25) is 5.95 Å². The maximum Gasteiger partial charge on any atom is 0.202 e. The summed E-state index contributed by atoms with van der Waals surface area (Å²) < 4.78 is 2.14. The molecule has 16 heavy (non-hydrogen) atoms. The average Bonchev–Trinajstić information content (AvgIpc) is 2.78. The summed E-state index contributed by atoms with van der Waals surface area (Å²) in [6.07, 6.45) is 7.79. The summed E-state index contributed by atoms with van der Waals surface area (Å²) in [5.74, 6) is 1.90. The summed E-state index contributed by atoms with van der Waals surface area (Å²) in [5, 5.41) is 6.82. The van der Waals surface area contributed by atoms with Crippen LogP contribution in [-0.2, 0) is 6.54 Å². The fourth-order valence-electron chi connectivity index (χ4n) is 2.29. The molecule has 1 aromatic heterocycles. The van der Waals surface area contributed by atoms with Gasteiger partial charge in [0.05, 0.1) is 0 Å². The Morgan fingerprint density at radius 2 is 2.31 bits per heavy atom. The van der Waals surface area contributed by atoms with E-state index in [1.165, 1.54) is 32.4 Å². The quantitative estimate of drug-likeness (QED) is 0.797. The molecule has 2 heterocycles. The van der Waals surface area contributed by atoms with Gasteiger partial charge in [0, 0.05) is 25.5 Å². The zero-order valence-corrected chi connectivity index (χ0v) is 10.1. The molecule has 0 aromatic carbocycles. The standard InChI is InChI=1S/C12H22N4/c1-2-16-10-9-15-12(16)14-8-5-11-3-6-13-7-4-11/h9-11,13H,2-8H2,1H3,(H,14,15). The zero-order valence-electron chi connectivity index (χ0n) is 10.1. The molecule has 1 aromatic rings. The Morgan fingerprint density at radius 3 is 3.06 bits per heavy atom. The third-order valence-corrected chi connectivity index (χ3v) is 3.35. The molecule has 90 valence electrons. The number of aryl methyl sites for hydroxylation is 1. The normalized spacial score (nSPS) is 17.6. The second kappa shape index (κ2) is 5.89. The summed E-state index contributed by atoms with van der Waals surface area (Å²) in [4.78, 5) is 4.31. The van der Waals surface area contributed by atoms with E-state index in [4.69, 9.17) is 0 Å². The van der Waals surface area contributed by atoms with E-state index in [0.717, 1.165) is 25.0 Å². The van der Waals surface area contributed by atoms with Gasteiger partial charge in [0.25, 0.3) is 0 Å². The Bertz CT molecular complexity index is 302. The van der Waals surface area contributed by atoms with Crippen molar-refractivity contribution in [3.05, 3.63) is 12.4 Å². The van der Waals surface area contributed by atoms with Crippen LogP contribution in [0.5, 0.6) is 0 Å². The van der Waals surface area contributed by atoms with Crippen molar-refractivity contribution in [3.63, 3.8) is 0 Å². The molecule has 0 aliphatic carbocycles. The van der Waals surface area contributed by atoms with Gasteiger partial charge in [-0.15, -0.1) is 0 Å². The van der Waals surface area contributed by atoms with Crippen molar-refractivity contribution in [1.82, 2.24) is 14.9 Å². The minimum absolute atomic E-state index is 0.888. The number of nitrogens with zero attached hydrogens (tertiary/aromatic N) is 2. The molecule has 1 aliphatic heterocycles. The number of anilines is 1. The molecule has 0 atom stereocenters. The first kappa shape index (κ1) is 11.5. The van der Waals surface area contributed by atoms with Crippen molar-refractivity contribution in [1.29, 1.82) is 0 Å². The highest BCUT2D eigenvalue weighted by molar-refractivity contribution is 5.25. The van der Waals surface area contributed by atoms with Crippen molar-refractivity contribution in [3.8, 4) is 0 Å². The smallest absolute Gasteiger partial charge is 0.202 e. The number of piperidine rings is 1. The maximum absolute atomic E-state index is 4.31. The van der Waals surface area contributed by atoms with Gasteiger partial charge in [-0.1, -0.05) is 0 Å². The molecule has 0 spiro atoms. The molecule has 0 bridgehead atoms. The van der Waals surface area contributed by atoms with Crippen LogP contribution in [-0.4, -0.2) is 29.2 Å². The van der Waals surface area contributed by atoms with Crippen LogP contribution in [0.25, 0.3) is 0 Å². The lowest BCUT2D eigenvalue weighted by molar-refractivity contribution is 0.360. The van der Waals surface area contributed by atoms with E-state index in [0.29, 0.717) is 0 Å². The first-order valence-electron chi connectivity index (χ1n) is 6.36. The van der Waals surface area contributed by atoms with Crippen molar-refractivity contribution < 1.29 is 0 Å². The van der Waals surface area contributed by atoms with Crippen molar-refractivity contribution >= 4 is 5.95 Å². The van der Waals surface area contributed by atoms with Crippen LogP contribution in [0.1, 0.15) is 26.2 Å². The van der Waals surface area contributed by atoms with E-state index in [1.54, 1.807) is 0 Å². The summed E-state index contributed by atoms with van der Waals surface area (Å²) in [5.41, 5.74) is 0. The molecule has 4 heteroatoms. The highest BCUT2D eigenvalue weighted by Gasteiger charge is 2.12. The average molecular weight is 222 g/mol. The highest BCUT2D eigenvalue weighted by Crippen LogP contribution is 2.15. The van der Waals surface area contributed by atoms with Crippen LogP contribution < -0.4 is 10.6 Å². The van der Waals surface area contributed by atoms with Crippen LogP contribution in [0, 0.1) is 5.92 Å². The number of hydrogen-bond donors (Lipinski definition) is 2. The van der Waals surface area contributed by atoms with E-state index in [9.17, 15) is 0 Å². The Hall–Kier alpha value is -1.03. The Labute approximate surface area is 97.4 Å². The fourth-order valence-corrected chi connectivity index (χ4v) is 2.29. The number of rotatable bonds is 5. The lowest BCUT2D eigenvalue weighted by atomic mass is 9.95. The second-order valence-corrected chi connectivity index (χ2v) is 4.45. The number of nitrogens with one attached hydrogen (secondary N) is 2. The van der Waals surface area contributed by atoms with E-state index < -0.39 is 0 Å². The first-order chi connectivity index (χ1) is 7.90. The van der Waals surface area contributed by atoms with Gasteiger partial charge in [0.1, 0.15) is 0 Å². The van der Waals surface area contributed by atoms with E-state index in [1.807, 2.05) is 12.4 Å². The summed E-state index contributed by atoms with van der Waals surface area (Å²) >= 11 is 0.